The van der Waals surface area contributed by atoms with Crippen molar-refractivity contribution in [3.8, 4) is 0 Å². The van der Waals surface area contributed by atoms with E-state index in [1.165, 1.54) is 0 Å². The lowest BCUT2D eigenvalue weighted by Crippen LogP contribution is -2.41. The standard InChI is InChI=1S/C12H22N2O3/c1-4-10(7-15)13-12(17)9-5-11(16)14(6-9)8(2)3/h8-10,15H,4-7H2,1-3H3,(H,13,17)/t9?,10-/m1/s1. The molecule has 98 valence electrons. The number of carbonyl (C=O) groups is 2. The molecule has 0 saturated carbocycles. The Morgan fingerprint density at radius 1 is 1.59 bits per heavy atom. The van der Waals surface area contributed by atoms with Gasteiger partial charge in [0.15, 0.2) is 0 Å². The van der Waals surface area contributed by atoms with Crippen LogP contribution in [0, 0.1) is 5.92 Å². The number of likely N-dealkylation sites (tertiary alicyclic amines) is 1. The topological polar surface area (TPSA) is 69.6 Å². The molecule has 1 fully saturated rings. The van der Waals surface area contributed by atoms with Gasteiger partial charge in [-0.3, -0.25) is 9.59 Å². The maximum absolute atomic E-state index is 11.9. The highest BCUT2D eigenvalue weighted by atomic mass is 16.3. The molecule has 2 N–H and O–H groups in total. The van der Waals surface area contributed by atoms with Crippen LogP contribution in [0.25, 0.3) is 0 Å². The fraction of sp³-hybridized carbons (Fsp3) is 0.833. The number of aliphatic hydroxyl groups is 1. The fourth-order valence-corrected chi connectivity index (χ4v) is 2.00. The third-order valence-electron chi connectivity index (χ3n) is 3.21. The van der Waals surface area contributed by atoms with Gasteiger partial charge >= 0.3 is 0 Å². The molecule has 0 aromatic carbocycles. The quantitative estimate of drug-likeness (QED) is 0.720. The molecule has 17 heavy (non-hydrogen) atoms. The minimum absolute atomic E-state index is 0.0391. The summed E-state index contributed by atoms with van der Waals surface area (Å²) in [5.74, 6) is -0.356. The Hall–Kier alpha value is -1.10. The Morgan fingerprint density at radius 3 is 2.65 bits per heavy atom. The molecule has 5 heteroatoms. The van der Waals surface area contributed by atoms with Crippen LogP contribution in [0.5, 0.6) is 0 Å². The molecule has 1 aliphatic heterocycles. The largest absolute Gasteiger partial charge is 0.394 e. The maximum atomic E-state index is 11.9. The number of amides is 2. The van der Waals surface area contributed by atoms with Gasteiger partial charge in [0.2, 0.25) is 11.8 Å². The van der Waals surface area contributed by atoms with Gasteiger partial charge in [-0.2, -0.15) is 0 Å². The van der Waals surface area contributed by atoms with Crippen LogP contribution in [0.2, 0.25) is 0 Å². The summed E-state index contributed by atoms with van der Waals surface area (Å²) in [6, 6.07) is -0.0641. The summed E-state index contributed by atoms with van der Waals surface area (Å²) < 4.78 is 0. The lowest BCUT2D eigenvalue weighted by Gasteiger charge is -2.21. The molecule has 1 saturated heterocycles. The number of rotatable bonds is 5. The summed E-state index contributed by atoms with van der Waals surface area (Å²) >= 11 is 0. The second-order valence-corrected chi connectivity index (χ2v) is 4.84. The van der Waals surface area contributed by atoms with Crippen molar-refractivity contribution in [3.63, 3.8) is 0 Å². The van der Waals surface area contributed by atoms with Gasteiger partial charge in [-0.05, 0) is 20.3 Å². The zero-order valence-corrected chi connectivity index (χ0v) is 10.8. The zero-order valence-electron chi connectivity index (χ0n) is 10.8. The van der Waals surface area contributed by atoms with Gasteiger partial charge in [0.1, 0.15) is 0 Å². The lowest BCUT2D eigenvalue weighted by molar-refractivity contribution is -0.130. The van der Waals surface area contributed by atoms with E-state index in [-0.39, 0.29) is 42.8 Å². The summed E-state index contributed by atoms with van der Waals surface area (Å²) in [6.45, 7) is 6.23. The molecule has 1 heterocycles. The molecule has 0 aromatic heterocycles. The molecule has 5 nitrogen and oxygen atoms in total. The number of nitrogens with one attached hydrogen (secondary N) is 1. The van der Waals surface area contributed by atoms with Crippen molar-refractivity contribution < 1.29 is 14.7 Å². The fourth-order valence-electron chi connectivity index (χ4n) is 2.00. The molecule has 0 spiro atoms. The number of hydrogen-bond acceptors (Lipinski definition) is 3. The number of carbonyl (C=O) groups excluding carboxylic acids is 2. The monoisotopic (exact) mass is 242 g/mol. The van der Waals surface area contributed by atoms with E-state index < -0.39 is 0 Å². The van der Waals surface area contributed by atoms with Crippen molar-refractivity contribution in [2.24, 2.45) is 5.92 Å². The van der Waals surface area contributed by atoms with Crippen LogP contribution in [-0.4, -0.2) is 47.1 Å². The van der Waals surface area contributed by atoms with Crippen molar-refractivity contribution in [3.05, 3.63) is 0 Å². The Kier molecular flexibility index (Phi) is 4.93. The zero-order chi connectivity index (χ0) is 13.0. The summed E-state index contributed by atoms with van der Waals surface area (Å²) in [4.78, 5) is 25.3. The smallest absolute Gasteiger partial charge is 0.225 e. The van der Waals surface area contributed by atoms with E-state index in [0.29, 0.717) is 13.0 Å². The highest BCUT2D eigenvalue weighted by molar-refractivity contribution is 5.89. The van der Waals surface area contributed by atoms with Crippen LogP contribution in [0.4, 0.5) is 0 Å². The van der Waals surface area contributed by atoms with E-state index in [1.807, 2.05) is 20.8 Å². The SMILES string of the molecule is CC[C@H](CO)NC(=O)C1CC(=O)N(C(C)C)C1. The molecule has 2 amide bonds. The molecular formula is C12H22N2O3. The van der Waals surface area contributed by atoms with Gasteiger partial charge in [-0.1, -0.05) is 6.92 Å². The van der Waals surface area contributed by atoms with Crippen LogP contribution >= 0.6 is 0 Å². The number of hydrogen-bond donors (Lipinski definition) is 2. The Balaban J connectivity index is 2.52. The maximum Gasteiger partial charge on any atom is 0.225 e. The van der Waals surface area contributed by atoms with Gasteiger partial charge in [-0.25, -0.2) is 0 Å². The van der Waals surface area contributed by atoms with Crippen LogP contribution in [0.1, 0.15) is 33.6 Å². The Labute approximate surface area is 102 Å². The predicted octanol–water partition coefficient (Wildman–Crippen LogP) is 0.130. The van der Waals surface area contributed by atoms with E-state index in [0.717, 1.165) is 0 Å². The molecular weight excluding hydrogens is 220 g/mol. The van der Waals surface area contributed by atoms with E-state index in [1.54, 1.807) is 4.90 Å². The summed E-state index contributed by atoms with van der Waals surface area (Å²) in [7, 11) is 0. The van der Waals surface area contributed by atoms with Crippen LogP contribution in [0.3, 0.4) is 0 Å². The predicted molar refractivity (Wildman–Crippen MR) is 64.3 cm³/mol. The summed E-state index contributed by atoms with van der Waals surface area (Å²) in [5.41, 5.74) is 0. The van der Waals surface area contributed by atoms with Crippen molar-refractivity contribution >= 4 is 11.8 Å². The van der Waals surface area contributed by atoms with E-state index in [2.05, 4.69) is 5.32 Å². The van der Waals surface area contributed by atoms with E-state index in [4.69, 9.17) is 5.11 Å². The van der Waals surface area contributed by atoms with Gasteiger partial charge in [0.25, 0.3) is 0 Å². The molecule has 0 aliphatic carbocycles. The van der Waals surface area contributed by atoms with Gasteiger partial charge in [0, 0.05) is 19.0 Å². The van der Waals surface area contributed by atoms with Crippen LogP contribution in [0.15, 0.2) is 0 Å². The first-order valence-corrected chi connectivity index (χ1v) is 6.20. The molecule has 1 unspecified atom stereocenters. The molecule has 1 rings (SSSR count). The van der Waals surface area contributed by atoms with Crippen molar-refractivity contribution in [1.82, 2.24) is 10.2 Å². The second-order valence-electron chi connectivity index (χ2n) is 4.84. The normalized spacial score (nSPS) is 22.1. The summed E-state index contributed by atoms with van der Waals surface area (Å²) in [6.07, 6.45) is 0.975. The van der Waals surface area contributed by atoms with Crippen molar-refractivity contribution in [2.75, 3.05) is 13.2 Å². The average Bonchev–Trinajstić information content (AvgIpc) is 2.68. The van der Waals surface area contributed by atoms with Crippen LogP contribution < -0.4 is 5.32 Å². The summed E-state index contributed by atoms with van der Waals surface area (Å²) in [5, 5.41) is 11.8. The van der Waals surface area contributed by atoms with E-state index in [9.17, 15) is 9.59 Å². The van der Waals surface area contributed by atoms with Crippen LogP contribution in [-0.2, 0) is 9.59 Å². The van der Waals surface area contributed by atoms with Gasteiger partial charge < -0.3 is 15.3 Å². The Bertz CT molecular complexity index is 287. The third kappa shape index (κ3) is 3.43. The van der Waals surface area contributed by atoms with Gasteiger partial charge in [0.05, 0.1) is 18.6 Å². The molecule has 0 bridgehead atoms. The minimum atomic E-state index is -0.273. The lowest BCUT2D eigenvalue weighted by atomic mass is 10.1. The highest BCUT2D eigenvalue weighted by Gasteiger charge is 2.35. The first-order chi connectivity index (χ1) is 7.99. The van der Waals surface area contributed by atoms with Crippen molar-refractivity contribution in [1.29, 1.82) is 0 Å². The molecule has 0 radical (unpaired) electrons. The molecule has 0 aromatic rings. The number of aliphatic hydroxyl groups excluding tert-OH is 1. The highest BCUT2D eigenvalue weighted by Crippen LogP contribution is 2.20. The molecule has 1 aliphatic rings. The Morgan fingerprint density at radius 2 is 2.24 bits per heavy atom. The minimum Gasteiger partial charge on any atom is -0.394 e. The average molecular weight is 242 g/mol. The van der Waals surface area contributed by atoms with Crippen molar-refractivity contribution in [2.45, 2.75) is 45.7 Å². The molecule has 2 atom stereocenters. The number of nitrogens with zero attached hydrogens (tertiary/aromatic N) is 1. The second kappa shape index (κ2) is 6.00. The first-order valence-electron chi connectivity index (χ1n) is 6.20. The van der Waals surface area contributed by atoms with E-state index >= 15 is 0 Å². The third-order valence-corrected chi connectivity index (χ3v) is 3.21. The van der Waals surface area contributed by atoms with Gasteiger partial charge in [-0.15, -0.1) is 0 Å². The first kappa shape index (κ1) is 14.0.